The molecule has 272 valence electrons. The molecule has 53 heavy (non-hydrogen) atoms. The molecule has 11 nitrogen and oxygen atoms in total. The summed E-state index contributed by atoms with van der Waals surface area (Å²) in [6, 6.07) is 21.4. The van der Waals surface area contributed by atoms with Crippen LogP contribution in [0.3, 0.4) is 0 Å². The molecule has 1 aliphatic heterocycles. The molecule has 0 radical (unpaired) electrons. The van der Waals surface area contributed by atoms with Crippen LogP contribution in [0.15, 0.2) is 113 Å². The Morgan fingerprint density at radius 3 is 2.47 bits per heavy atom. The number of carbonyl (C=O) groups excluding carboxylic acids is 2. The minimum atomic E-state index is -0.930. The molecule has 0 N–H and O–H groups in total. The number of ether oxygens (including phenoxy) is 4. The fourth-order valence-corrected chi connectivity index (χ4v) is 6.93. The minimum Gasteiger partial charge on any atom is -0.494 e. The van der Waals surface area contributed by atoms with E-state index in [1.807, 2.05) is 60.8 Å². The number of hydrogen-bond donors (Lipinski definition) is 0. The average molecular weight is 733 g/mol. The average Bonchev–Trinajstić information content (AvgIpc) is 3.70. The fourth-order valence-electron chi connectivity index (χ4n) is 5.90. The van der Waals surface area contributed by atoms with E-state index >= 15 is 0 Å². The highest BCUT2D eigenvalue weighted by atomic mass is 32.1. The fraction of sp³-hybridized carbons (Fsp3) is 0.244. The molecule has 2 aromatic heterocycles. The summed E-state index contributed by atoms with van der Waals surface area (Å²) in [6.07, 6.45) is 6.11. The zero-order chi connectivity index (χ0) is 37.6. The van der Waals surface area contributed by atoms with Crippen molar-refractivity contribution in [1.82, 2.24) is 14.3 Å². The van der Waals surface area contributed by atoms with E-state index in [2.05, 4.69) is 20.4 Å². The molecule has 0 amide bonds. The number of benzene rings is 3. The van der Waals surface area contributed by atoms with Gasteiger partial charge in [-0.25, -0.2) is 14.5 Å². The number of carbonyl (C=O) groups is 2. The highest BCUT2D eigenvalue weighted by Gasteiger charge is 2.34. The van der Waals surface area contributed by atoms with Gasteiger partial charge in [-0.05, 0) is 79.4 Å². The Hall–Kier alpha value is -6.01. The first-order valence-corrected chi connectivity index (χ1v) is 17.9. The lowest BCUT2D eigenvalue weighted by Gasteiger charge is -2.25. The molecule has 12 heteroatoms. The van der Waals surface area contributed by atoms with E-state index in [4.69, 9.17) is 29.0 Å². The van der Waals surface area contributed by atoms with Gasteiger partial charge >= 0.3 is 11.9 Å². The number of nitrogens with zero attached hydrogens (tertiary/aromatic N) is 4. The lowest BCUT2D eigenvalue weighted by molar-refractivity contribution is -0.138. The van der Waals surface area contributed by atoms with Gasteiger partial charge in [-0.3, -0.25) is 14.2 Å². The van der Waals surface area contributed by atoms with Gasteiger partial charge in [0, 0.05) is 24.2 Å². The summed E-state index contributed by atoms with van der Waals surface area (Å²) in [7, 11) is 1.44. The molecule has 0 fully saturated rings. The van der Waals surface area contributed by atoms with Gasteiger partial charge in [0.2, 0.25) is 0 Å². The SMILES string of the molecule is C=CCOC(=O)C1=C(C)N=c2s/c(=C\c3cn(-c4ccccc4)nc3-c3ccc(OCCC(C)C)cc3)c(=O)n2C1c1ccc(OC(C)=O)c(OC)c1. The maximum atomic E-state index is 14.5. The summed E-state index contributed by atoms with van der Waals surface area (Å²) in [5, 5.41) is 4.95. The zero-order valence-corrected chi connectivity index (χ0v) is 31.0. The van der Waals surface area contributed by atoms with Crippen molar-refractivity contribution in [3.63, 3.8) is 0 Å². The van der Waals surface area contributed by atoms with Crippen molar-refractivity contribution in [3.8, 4) is 34.2 Å². The predicted octanol–water partition coefficient (Wildman–Crippen LogP) is 6.18. The van der Waals surface area contributed by atoms with Crippen molar-refractivity contribution in [3.05, 3.63) is 134 Å². The van der Waals surface area contributed by atoms with E-state index in [-0.39, 0.29) is 29.2 Å². The van der Waals surface area contributed by atoms with Crippen molar-refractivity contribution < 1.29 is 28.5 Å². The monoisotopic (exact) mass is 732 g/mol. The molecular weight excluding hydrogens is 693 g/mol. The Morgan fingerprint density at radius 1 is 1.04 bits per heavy atom. The first-order valence-electron chi connectivity index (χ1n) is 17.1. The lowest BCUT2D eigenvalue weighted by Crippen LogP contribution is -2.40. The molecule has 3 heterocycles. The van der Waals surface area contributed by atoms with Crippen molar-refractivity contribution >= 4 is 29.4 Å². The standard InChI is InChI=1S/C41H40N4O7S/c1-7-20-51-40(48)36-26(4)42-41-45(38(36)29-15-18-33(52-27(5)46)34(22-29)49-6)39(47)35(53-41)23-30-24-44(31-11-9-8-10-12-31)43-37(30)28-13-16-32(17-14-28)50-21-19-25(2)3/h7-18,22-25,38H,1,19-21H2,2-6H3/b35-23-. The first kappa shape index (κ1) is 36.8. The molecule has 0 aliphatic carbocycles. The van der Waals surface area contributed by atoms with Crippen LogP contribution in [-0.2, 0) is 14.3 Å². The molecule has 5 aromatic rings. The molecule has 0 saturated carbocycles. The Bertz CT molecular complexity index is 2370. The van der Waals surface area contributed by atoms with Crippen molar-refractivity contribution in [1.29, 1.82) is 0 Å². The van der Waals surface area contributed by atoms with E-state index < -0.39 is 18.0 Å². The Kier molecular flexibility index (Phi) is 11.2. The zero-order valence-electron chi connectivity index (χ0n) is 30.2. The lowest BCUT2D eigenvalue weighted by atomic mass is 9.95. The second-order valence-electron chi connectivity index (χ2n) is 12.7. The van der Waals surface area contributed by atoms with E-state index in [1.165, 1.54) is 36.0 Å². The van der Waals surface area contributed by atoms with Crippen LogP contribution in [0.25, 0.3) is 23.0 Å². The smallest absolute Gasteiger partial charge is 0.338 e. The van der Waals surface area contributed by atoms with Gasteiger partial charge in [0.05, 0.1) is 41.2 Å². The van der Waals surface area contributed by atoms with Gasteiger partial charge in [-0.2, -0.15) is 5.10 Å². The summed E-state index contributed by atoms with van der Waals surface area (Å²) < 4.78 is 25.9. The maximum Gasteiger partial charge on any atom is 0.338 e. The van der Waals surface area contributed by atoms with E-state index in [9.17, 15) is 14.4 Å². The number of fused-ring (bicyclic) bond motifs is 1. The summed E-state index contributed by atoms with van der Waals surface area (Å²) in [4.78, 5) is 44.9. The molecule has 0 spiro atoms. The maximum absolute atomic E-state index is 14.5. The number of allylic oxidation sites excluding steroid dienone is 1. The molecule has 0 saturated heterocycles. The van der Waals surface area contributed by atoms with Gasteiger partial charge < -0.3 is 18.9 Å². The highest BCUT2D eigenvalue weighted by Crippen LogP contribution is 2.36. The quantitative estimate of drug-likeness (QED) is 0.0800. The van der Waals surface area contributed by atoms with Crippen LogP contribution >= 0.6 is 11.3 Å². The van der Waals surface area contributed by atoms with Gasteiger partial charge in [0.1, 0.15) is 18.1 Å². The van der Waals surface area contributed by atoms with E-state index in [0.29, 0.717) is 44.4 Å². The minimum absolute atomic E-state index is 0.0271. The second kappa shape index (κ2) is 16.1. The van der Waals surface area contributed by atoms with E-state index in [0.717, 1.165) is 23.4 Å². The number of methoxy groups -OCH3 is 1. The van der Waals surface area contributed by atoms with Crippen LogP contribution in [0.1, 0.15) is 51.3 Å². The summed E-state index contributed by atoms with van der Waals surface area (Å²) >= 11 is 1.20. The largest absolute Gasteiger partial charge is 0.494 e. The summed E-state index contributed by atoms with van der Waals surface area (Å²) in [6.45, 7) is 11.6. The van der Waals surface area contributed by atoms with Gasteiger partial charge in [0.25, 0.3) is 5.56 Å². The van der Waals surface area contributed by atoms with Gasteiger partial charge in [0.15, 0.2) is 16.3 Å². The van der Waals surface area contributed by atoms with Crippen LogP contribution in [0, 0.1) is 5.92 Å². The van der Waals surface area contributed by atoms with Crippen molar-refractivity contribution in [2.45, 2.75) is 40.2 Å². The van der Waals surface area contributed by atoms with E-state index in [1.54, 1.807) is 35.9 Å². The number of rotatable bonds is 13. The predicted molar refractivity (Wildman–Crippen MR) is 203 cm³/mol. The third-order valence-electron chi connectivity index (χ3n) is 8.47. The number of para-hydroxylation sites is 1. The number of esters is 2. The topological polar surface area (TPSA) is 123 Å². The molecule has 6 rings (SSSR count). The first-order chi connectivity index (χ1) is 25.6. The molecule has 1 atom stereocenters. The Labute approximate surface area is 310 Å². The Morgan fingerprint density at radius 2 is 1.79 bits per heavy atom. The third-order valence-corrected chi connectivity index (χ3v) is 9.46. The summed E-state index contributed by atoms with van der Waals surface area (Å²) in [5.41, 5.74) is 3.81. The highest BCUT2D eigenvalue weighted by molar-refractivity contribution is 7.07. The Balaban J connectivity index is 1.49. The third kappa shape index (κ3) is 8.07. The number of aromatic nitrogens is 3. The van der Waals surface area contributed by atoms with Crippen LogP contribution in [0.4, 0.5) is 0 Å². The van der Waals surface area contributed by atoms with Crippen LogP contribution in [0.2, 0.25) is 0 Å². The second-order valence-corrected chi connectivity index (χ2v) is 13.8. The normalized spacial score (nSPS) is 14.1. The van der Waals surface area contributed by atoms with Crippen LogP contribution in [0.5, 0.6) is 17.2 Å². The molecule has 1 aliphatic rings. The van der Waals surface area contributed by atoms with Gasteiger partial charge in [-0.1, -0.05) is 62.1 Å². The van der Waals surface area contributed by atoms with Crippen LogP contribution < -0.4 is 29.1 Å². The van der Waals surface area contributed by atoms with Gasteiger partial charge in [-0.15, -0.1) is 0 Å². The molecule has 3 aromatic carbocycles. The van der Waals surface area contributed by atoms with Crippen molar-refractivity contribution in [2.24, 2.45) is 10.9 Å². The number of hydrogen-bond acceptors (Lipinski definition) is 10. The van der Waals surface area contributed by atoms with Crippen LogP contribution in [-0.4, -0.2) is 46.6 Å². The number of thiazole rings is 1. The summed E-state index contributed by atoms with van der Waals surface area (Å²) in [5.74, 6) is 0.596. The molecule has 0 bridgehead atoms. The van der Waals surface area contributed by atoms with Crippen molar-refractivity contribution in [2.75, 3.05) is 20.3 Å². The molecular formula is C41H40N4O7S. The molecule has 1 unspecified atom stereocenters.